The number of benzene rings is 1. The van der Waals surface area contributed by atoms with Gasteiger partial charge < -0.3 is 9.84 Å². The van der Waals surface area contributed by atoms with Crippen molar-refractivity contribution in [3.05, 3.63) is 34.9 Å². The summed E-state index contributed by atoms with van der Waals surface area (Å²) in [4.78, 5) is 0. The number of ether oxygens (including phenoxy) is 1. The Labute approximate surface area is 153 Å². The number of aryl methyl sites for hydroxylation is 1. The summed E-state index contributed by atoms with van der Waals surface area (Å²) in [5, 5.41) is 10.7. The third-order valence-electron chi connectivity index (χ3n) is 5.41. The van der Waals surface area contributed by atoms with Crippen LogP contribution in [0, 0.1) is 0 Å². The van der Waals surface area contributed by atoms with Crippen molar-refractivity contribution in [2.24, 2.45) is 0 Å². The van der Waals surface area contributed by atoms with E-state index in [4.69, 9.17) is 4.74 Å². The van der Waals surface area contributed by atoms with Gasteiger partial charge in [-0.15, -0.1) is 0 Å². The lowest BCUT2D eigenvalue weighted by Crippen LogP contribution is -2.47. The molecule has 1 N–H and O–H groups in total. The fourth-order valence-corrected chi connectivity index (χ4v) is 4.81. The number of halogens is 1. The van der Waals surface area contributed by atoms with Crippen LogP contribution in [0.5, 0.6) is 11.5 Å². The molecule has 0 radical (unpaired) electrons. The Hall–Kier alpha value is -0.710. The summed E-state index contributed by atoms with van der Waals surface area (Å²) in [6, 6.07) is 4.12. The lowest BCUT2D eigenvalue weighted by atomic mass is 9.72. The van der Waals surface area contributed by atoms with Crippen LogP contribution in [0.25, 0.3) is 0 Å². The number of hydrogen-bond donors (Lipinski definition) is 1. The quantitative estimate of drug-likeness (QED) is 0.281. The summed E-state index contributed by atoms with van der Waals surface area (Å²) in [6.07, 6.45) is 9.38. The van der Waals surface area contributed by atoms with Gasteiger partial charge in [-0.1, -0.05) is 54.0 Å². The van der Waals surface area contributed by atoms with Crippen molar-refractivity contribution in [2.45, 2.75) is 74.7 Å². The van der Waals surface area contributed by atoms with Crippen LogP contribution in [0.15, 0.2) is 23.8 Å². The Kier molecular flexibility index (Phi) is 4.96. The van der Waals surface area contributed by atoms with Gasteiger partial charge in [-0.05, 0) is 57.2 Å². The molecule has 0 saturated carbocycles. The van der Waals surface area contributed by atoms with E-state index in [1.165, 1.54) is 30.4 Å². The Morgan fingerprint density at radius 2 is 2.13 bits per heavy atom. The number of phenolic OH excluding ortho intramolecular Hbond substituents is 1. The first-order valence-electron chi connectivity index (χ1n) is 8.84. The third-order valence-corrected chi connectivity index (χ3v) is 7.50. The summed E-state index contributed by atoms with van der Waals surface area (Å²) in [5.41, 5.74) is 3.61. The van der Waals surface area contributed by atoms with Crippen molar-refractivity contribution < 1.29 is 9.84 Å². The number of fused-ring (bicyclic) bond motifs is 3. The molecule has 0 bridgehead atoms. The Balaban J connectivity index is 1.99. The lowest BCUT2D eigenvalue weighted by molar-refractivity contribution is 0.138. The molecule has 1 aliphatic heterocycles. The van der Waals surface area contributed by atoms with E-state index in [0.29, 0.717) is 5.75 Å². The molecule has 1 aliphatic carbocycles. The molecule has 0 amide bonds. The van der Waals surface area contributed by atoms with Gasteiger partial charge in [0.15, 0.2) is 0 Å². The van der Waals surface area contributed by atoms with Crippen molar-refractivity contribution >= 4 is 22.6 Å². The summed E-state index contributed by atoms with van der Waals surface area (Å²) in [5.74, 6) is 1.56. The van der Waals surface area contributed by atoms with Crippen molar-refractivity contribution in [3.8, 4) is 11.5 Å². The van der Waals surface area contributed by atoms with Gasteiger partial charge in [0.1, 0.15) is 17.6 Å². The molecule has 0 aromatic heterocycles. The average molecular weight is 426 g/mol. The smallest absolute Gasteiger partial charge is 0.127 e. The minimum absolute atomic E-state index is 0.0471. The molecule has 1 aromatic rings. The molecule has 0 saturated heterocycles. The monoisotopic (exact) mass is 426 g/mol. The van der Waals surface area contributed by atoms with Crippen molar-refractivity contribution in [3.63, 3.8) is 0 Å². The molecule has 23 heavy (non-hydrogen) atoms. The van der Waals surface area contributed by atoms with Crippen LogP contribution >= 0.6 is 22.6 Å². The minimum Gasteiger partial charge on any atom is -0.507 e. The van der Waals surface area contributed by atoms with Crippen molar-refractivity contribution in [1.82, 2.24) is 0 Å². The second kappa shape index (κ2) is 6.66. The summed E-state index contributed by atoms with van der Waals surface area (Å²) in [7, 11) is 0. The SMILES string of the molecule is CCCCCc1cc(O)c2c(c1)OC(C)[C@]1(I)CCC(C)=C[C@@H]21. The first-order valence-corrected chi connectivity index (χ1v) is 9.92. The number of unbranched alkanes of at least 4 members (excludes halogenated alkanes) is 2. The third kappa shape index (κ3) is 3.13. The van der Waals surface area contributed by atoms with E-state index in [2.05, 4.69) is 55.5 Å². The maximum Gasteiger partial charge on any atom is 0.127 e. The van der Waals surface area contributed by atoms with Crippen LogP contribution in [-0.2, 0) is 6.42 Å². The Morgan fingerprint density at radius 1 is 1.35 bits per heavy atom. The van der Waals surface area contributed by atoms with Crippen LogP contribution in [0.1, 0.15) is 69.9 Å². The van der Waals surface area contributed by atoms with Gasteiger partial charge in [-0.2, -0.15) is 0 Å². The number of hydrogen-bond acceptors (Lipinski definition) is 2. The van der Waals surface area contributed by atoms with Gasteiger partial charge in [0.05, 0.1) is 3.42 Å². The van der Waals surface area contributed by atoms with E-state index < -0.39 is 0 Å². The van der Waals surface area contributed by atoms with Crippen molar-refractivity contribution in [2.75, 3.05) is 0 Å². The number of phenols is 1. The average Bonchev–Trinajstić information content (AvgIpc) is 2.49. The highest BCUT2D eigenvalue weighted by Gasteiger charge is 2.49. The number of aromatic hydroxyl groups is 1. The summed E-state index contributed by atoms with van der Waals surface area (Å²) in [6.45, 7) is 6.59. The molecule has 1 unspecified atom stereocenters. The molecule has 2 aliphatic rings. The summed E-state index contributed by atoms with van der Waals surface area (Å²) >= 11 is 2.57. The lowest BCUT2D eigenvalue weighted by Gasteiger charge is -2.47. The van der Waals surface area contributed by atoms with Crippen molar-refractivity contribution in [1.29, 1.82) is 0 Å². The molecule has 3 atom stereocenters. The standard InChI is InChI=1S/C20H27IO2/c1-4-5-6-7-15-11-17(22)19-16-10-13(2)8-9-20(16,21)14(3)23-18(19)12-15/h10-12,14,16,22H,4-9H2,1-3H3/t14?,16-,20+/m0/s1. The fraction of sp³-hybridized carbons (Fsp3) is 0.600. The van der Waals surface area contributed by atoms with Gasteiger partial charge in [-0.25, -0.2) is 0 Å². The molecule has 1 aromatic carbocycles. The first kappa shape index (κ1) is 17.1. The predicted octanol–water partition coefficient (Wildman–Crippen LogP) is 5.90. The highest BCUT2D eigenvalue weighted by Crippen LogP contribution is 2.56. The number of rotatable bonds is 4. The van der Waals surface area contributed by atoms with E-state index in [1.807, 2.05) is 6.07 Å². The minimum atomic E-state index is 0.0471. The van der Waals surface area contributed by atoms with Gasteiger partial charge in [0.25, 0.3) is 0 Å². The molecule has 2 nitrogen and oxygen atoms in total. The molecule has 0 spiro atoms. The molecule has 0 fully saturated rings. The summed E-state index contributed by atoms with van der Waals surface area (Å²) < 4.78 is 6.32. The molecular weight excluding hydrogens is 399 g/mol. The largest absolute Gasteiger partial charge is 0.507 e. The molecule has 126 valence electrons. The highest BCUT2D eigenvalue weighted by molar-refractivity contribution is 14.1. The molecular formula is C20H27IO2. The van der Waals surface area contributed by atoms with E-state index in [9.17, 15) is 5.11 Å². The highest BCUT2D eigenvalue weighted by atomic mass is 127. The number of alkyl halides is 1. The second-order valence-electron chi connectivity index (χ2n) is 7.16. The first-order chi connectivity index (χ1) is 11.0. The maximum absolute atomic E-state index is 10.7. The number of allylic oxidation sites excluding steroid dienone is 2. The van der Waals surface area contributed by atoms with Gasteiger partial charge in [-0.3, -0.25) is 0 Å². The van der Waals surface area contributed by atoms with Gasteiger partial charge in [0.2, 0.25) is 0 Å². The predicted molar refractivity (Wildman–Crippen MR) is 104 cm³/mol. The van der Waals surface area contributed by atoms with Crippen LogP contribution in [0.3, 0.4) is 0 Å². The van der Waals surface area contributed by atoms with Gasteiger partial charge in [0, 0.05) is 11.5 Å². The zero-order valence-electron chi connectivity index (χ0n) is 14.4. The Morgan fingerprint density at radius 3 is 2.87 bits per heavy atom. The maximum atomic E-state index is 10.7. The molecule has 1 heterocycles. The molecule has 3 rings (SSSR count). The van der Waals surface area contributed by atoms with E-state index in [1.54, 1.807) is 0 Å². The topological polar surface area (TPSA) is 29.5 Å². The van der Waals surface area contributed by atoms with E-state index in [-0.39, 0.29) is 15.4 Å². The van der Waals surface area contributed by atoms with Gasteiger partial charge >= 0.3 is 0 Å². The zero-order chi connectivity index (χ0) is 16.6. The van der Waals surface area contributed by atoms with Crippen LogP contribution in [0.2, 0.25) is 0 Å². The second-order valence-corrected chi connectivity index (χ2v) is 9.17. The van der Waals surface area contributed by atoms with Crippen LogP contribution in [-0.4, -0.2) is 14.6 Å². The normalized spacial score (nSPS) is 29.3. The van der Waals surface area contributed by atoms with E-state index >= 15 is 0 Å². The van der Waals surface area contributed by atoms with Crippen LogP contribution in [0.4, 0.5) is 0 Å². The zero-order valence-corrected chi connectivity index (χ0v) is 16.5. The fourth-order valence-electron chi connectivity index (χ4n) is 3.92. The van der Waals surface area contributed by atoms with Crippen LogP contribution < -0.4 is 4.74 Å². The van der Waals surface area contributed by atoms with E-state index in [0.717, 1.165) is 30.6 Å². The Bertz CT molecular complexity index is 622. The molecule has 3 heteroatoms.